The maximum Gasteiger partial charge on any atom is 0.296 e. The number of nitrogens with two attached hydrogens (primary N) is 1. The van der Waals surface area contributed by atoms with Crippen LogP contribution >= 0.6 is 23.2 Å². The van der Waals surface area contributed by atoms with Crippen LogP contribution in [0.15, 0.2) is 88.6 Å². The lowest BCUT2D eigenvalue weighted by atomic mass is 10.1. The fourth-order valence-electron chi connectivity index (χ4n) is 6.86. The SMILES string of the molecule is CC(O)CN(CC(C)O)c1nc(Cl)nc(Nc2ccc(S(=O)(=O)O)c(N=Nc3c(S(=O)(=O)O)cc4cc(S(=O)(=O)O)c(N=Nc5cc(Nc6nc(Cl)nc(N(CCO)CCO)n6)ccc5S(=O)(=O)O)c(O)c4c3N)c2)n1. The van der Waals surface area contributed by atoms with Crippen LogP contribution in [-0.4, -0.2) is 159 Å². The largest absolute Gasteiger partial charge is 0.505 e. The zero-order valence-corrected chi connectivity index (χ0v) is 43.4. The summed E-state index contributed by atoms with van der Waals surface area (Å²) in [7, 11) is -21.4. The van der Waals surface area contributed by atoms with E-state index in [-0.39, 0.29) is 85.1 Å². The molecule has 0 bridgehead atoms. The molecule has 4 aromatic carbocycles. The van der Waals surface area contributed by atoms with Crippen molar-refractivity contribution in [1.82, 2.24) is 29.9 Å². The quantitative estimate of drug-likeness (QED) is 0.0263. The molecule has 0 aliphatic carbocycles. The van der Waals surface area contributed by atoms with Crippen molar-refractivity contribution in [2.75, 3.05) is 65.6 Å². The molecule has 2 atom stereocenters. The van der Waals surface area contributed by atoms with E-state index in [1.165, 1.54) is 23.6 Å². The number of hydrogen-bond acceptors (Lipinski definition) is 28. The third-order valence-electron chi connectivity index (χ3n) is 9.84. The number of rotatable bonds is 22. The molecule has 0 aliphatic heterocycles. The average Bonchev–Trinajstić information content (AvgIpc) is 3.29. The number of fused-ring (bicyclic) bond motifs is 1. The monoisotopic (exact) mass is 1180 g/mol. The van der Waals surface area contributed by atoms with Crippen molar-refractivity contribution in [3.63, 3.8) is 0 Å². The van der Waals surface area contributed by atoms with Crippen molar-refractivity contribution >= 4 is 138 Å². The van der Waals surface area contributed by atoms with E-state index in [1.807, 2.05) is 0 Å². The Labute approximate surface area is 439 Å². The minimum Gasteiger partial charge on any atom is -0.505 e. The number of azo groups is 2. The van der Waals surface area contributed by atoms with E-state index in [4.69, 9.17) is 28.9 Å². The van der Waals surface area contributed by atoms with Crippen LogP contribution in [0.25, 0.3) is 10.8 Å². The van der Waals surface area contributed by atoms with Gasteiger partial charge in [-0.1, -0.05) is 0 Å². The molecule has 0 aliphatic rings. The van der Waals surface area contributed by atoms with E-state index in [1.54, 1.807) is 0 Å². The second-order valence-corrected chi connectivity index (χ2v) is 22.0. The summed E-state index contributed by atoms with van der Waals surface area (Å²) in [6, 6.07) is 6.58. The highest BCUT2D eigenvalue weighted by atomic mass is 35.5. The summed E-state index contributed by atoms with van der Waals surface area (Å²) in [5, 5.41) is 68.7. The minimum absolute atomic E-state index is 0.0480. The molecule has 2 unspecified atom stereocenters. The van der Waals surface area contributed by atoms with Gasteiger partial charge in [0.15, 0.2) is 5.75 Å². The maximum absolute atomic E-state index is 12.8. The van der Waals surface area contributed by atoms with Crippen LogP contribution in [0.3, 0.4) is 0 Å². The number of phenolic OH excluding ortho intramolecular Hbond substituents is 1. The van der Waals surface area contributed by atoms with Gasteiger partial charge in [0.2, 0.25) is 34.4 Å². The molecule has 2 heterocycles. The van der Waals surface area contributed by atoms with Crippen LogP contribution in [0.1, 0.15) is 13.8 Å². The Balaban J connectivity index is 1.49. The summed E-state index contributed by atoms with van der Waals surface area (Å²) in [5.74, 6) is -2.16. The van der Waals surface area contributed by atoms with Gasteiger partial charge >= 0.3 is 0 Å². The van der Waals surface area contributed by atoms with E-state index < -0.39 is 117 Å². The Kier molecular flexibility index (Phi) is 17.9. The number of aromatic hydroxyl groups is 1. The van der Waals surface area contributed by atoms with Crippen LogP contribution in [0.2, 0.25) is 10.6 Å². The van der Waals surface area contributed by atoms with E-state index in [9.17, 15) is 77.4 Å². The highest BCUT2D eigenvalue weighted by Crippen LogP contribution is 2.49. The second kappa shape index (κ2) is 23.2. The van der Waals surface area contributed by atoms with Gasteiger partial charge in [-0.05, 0) is 91.0 Å². The van der Waals surface area contributed by atoms with Crippen LogP contribution in [0.4, 0.5) is 63.6 Å². The standard InChI is InChI=1S/C38H41Cl2N15O17S4/c1-17(58)15-55(16-18(2)59)38-47-34(40)45-36(49-38)43-20-3-5-24(73(61,62)63)22(13-20)50-52-30-26(75(67,68)69)11-19-12-27(76(70,71)72)31(32(60)28(19)29(30)41)53-51-23-14-21(4-6-25(23)74(64,65)66)42-35-44-33(39)46-37(48-35)54(7-9-56)8-10-57/h3-6,11-14,17-18,56-60H,7-10,15-16,41H2,1-2H3,(H,61,62,63)(H,64,65,66)(H,67,68,69)(H,70,71,72)(H,42,44,46,48)(H,43,45,47,49). The molecular formula is C38H41Cl2N15O17S4. The predicted octanol–water partition coefficient (Wildman–Crippen LogP) is 3.47. The van der Waals surface area contributed by atoms with Crippen molar-refractivity contribution in [3.05, 3.63) is 59.1 Å². The van der Waals surface area contributed by atoms with Gasteiger partial charge in [0, 0.05) is 37.6 Å². The normalized spacial score (nSPS) is 13.4. The molecule has 6 aromatic rings. The smallest absolute Gasteiger partial charge is 0.296 e. The zero-order chi connectivity index (χ0) is 56.2. The molecular weight excluding hydrogens is 1140 g/mol. The van der Waals surface area contributed by atoms with E-state index in [0.29, 0.717) is 12.1 Å². The fourth-order valence-corrected chi connectivity index (χ4v) is 9.70. The fraction of sp³-hybridized carbons (Fsp3) is 0.263. The summed E-state index contributed by atoms with van der Waals surface area (Å²) in [5.41, 5.74) is 1.31. The van der Waals surface area contributed by atoms with Crippen molar-refractivity contribution in [1.29, 1.82) is 0 Å². The molecule has 13 N–H and O–H groups in total. The second-order valence-electron chi connectivity index (χ2n) is 15.7. The number of benzene rings is 4. The van der Waals surface area contributed by atoms with Gasteiger partial charge in [-0.25, -0.2) is 0 Å². The molecule has 408 valence electrons. The third kappa shape index (κ3) is 14.4. The Morgan fingerprint density at radius 1 is 0.579 bits per heavy atom. The predicted molar refractivity (Wildman–Crippen MR) is 269 cm³/mol. The molecule has 6 rings (SSSR count). The number of anilines is 7. The number of halogens is 2. The van der Waals surface area contributed by atoms with Gasteiger partial charge < -0.3 is 51.7 Å². The number of phenols is 1. The summed E-state index contributed by atoms with van der Waals surface area (Å²) >= 11 is 12.2. The molecule has 0 spiro atoms. The zero-order valence-electron chi connectivity index (χ0n) is 38.6. The molecule has 0 saturated heterocycles. The molecule has 0 saturated carbocycles. The summed E-state index contributed by atoms with van der Waals surface area (Å²) in [6.07, 6.45) is -1.86. The lowest BCUT2D eigenvalue weighted by molar-refractivity contribution is 0.177. The van der Waals surface area contributed by atoms with Gasteiger partial charge in [-0.15, -0.1) is 20.5 Å². The lowest BCUT2D eigenvalue weighted by Crippen LogP contribution is -2.37. The molecule has 0 radical (unpaired) electrons. The number of hydrogen-bond donors (Lipinski definition) is 12. The molecule has 76 heavy (non-hydrogen) atoms. The third-order valence-corrected chi connectivity index (χ3v) is 13.7. The van der Waals surface area contributed by atoms with Gasteiger partial charge in [0.05, 0.1) is 36.5 Å². The van der Waals surface area contributed by atoms with Crippen LogP contribution in [0, 0.1) is 0 Å². The number of aliphatic hydroxyl groups is 4. The Bertz CT molecular complexity index is 3740. The summed E-state index contributed by atoms with van der Waals surface area (Å²) in [6.45, 7) is 1.92. The van der Waals surface area contributed by atoms with E-state index in [2.05, 4.69) is 61.0 Å². The topological polar surface area (TPSA) is 502 Å². The summed E-state index contributed by atoms with van der Waals surface area (Å²) in [4.78, 5) is 22.4. The van der Waals surface area contributed by atoms with Crippen molar-refractivity contribution in [3.8, 4) is 5.75 Å². The highest BCUT2D eigenvalue weighted by molar-refractivity contribution is 7.86. The lowest BCUT2D eigenvalue weighted by Gasteiger charge is -2.25. The first-order valence-electron chi connectivity index (χ1n) is 21.0. The number of aliphatic hydroxyl groups excluding tert-OH is 4. The maximum atomic E-state index is 12.8. The van der Waals surface area contributed by atoms with E-state index >= 15 is 0 Å². The van der Waals surface area contributed by atoms with Crippen LogP contribution < -0.4 is 26.2 Å². The van der Waals surface area contributed by atoms with E-state index in [0.717, 1.165) is 36.4 Å². The average molecular weight is 1180 g/mol. The molecule has 38 heteroatoms. The molecule has 2 aromatic heterocycles. The van der Waals surface area contributed by atoms with Crippen molar-refractivity contribution < 1.29 is 77.4 Å². The highest BCUT2D eigenvalue weighted by Gasteiger charge is 2.29. The molecule has 0 amide bonds. The Morgan fingerprint density at radius 2 is 0.974 bits per heavy atom. The number of nitrogens with zero attached hydrogens (tertiary/aromatic N) is 12. The van der Waals surface area contributed by atoms with Gasteiger partial charge in [-0.3, -0.25) is 18.2 Å². The number of aromatic nitrogens is 6. The van der Waals surface area contributed by atoms with Gasteiger partial charge in [0.25, 0.3) is 40.5 Å². The summed E-state index contributed by atoms with van der Waals surface area (Å²) < 4.78 is 142. The van der Waals surface area contributed by atoms with Crippen molar-refractivity contribution in [2.24, 2.45) is 20.5 Å². The molecule has 0 fully saturated rings. The van der Waals surface area contributed by atoms with Gasteiger partial charge in [-0.2, -0.15) is 63.6 Å². The first-order valence-corrected chi connectivity index (χ1v) is 27.5. The molecule has 32 nitrogen and oxygen atoms in total. The van der Waals surface area contributed by atoms with Crippen LogP contribution in [-0.2, 0) is 40.5 Å². The first kappa shape index (κ1) is 58.5. The van der Waals surface area contributed by atoms with Crippen molar-refractivity contribution in [2.45, 2.75) is 45.6 Å². The minimum atomic E-state index is -5.53. The number of nitrogens with one attached hydrogen (secondary N) is 2. The Morgan fingerprint density at radius 3 is 1.37 bits per heavy atom. The van der Waals surface area contributed by atoms with Gasteiger partial charge in [0.1, 0.15) is 42.3 Å². The Hall–Kier alpha value is -6.78. The number of nitrogen functional groups attached to an aromatic ring is 1. The first-order chi connectivity index (χ1) is 35.4. The van der Waals surface area contributed by atoms with Crippen LogP contribution in [0.5, 0.6) is 5.75 Å².